The van der Waals surface area contributed by atoms with Crippen LogP contribution in [0.2, 0.25) is 0 Å². The molecule has 0 spiro atoms. The summed E-state index contributed by atoms with van der Waals surface area (Å²) in [5.74, 6) is -1.28. The molecule has 1 aliphatic rings. The fraction of sp³-hybridized carbons (Fsp3) is 0.286. The number of aromatic carboxylic acids is 1. The second-order valence-corrected chi connectivity index (χ2v) is 12.4. The highest BCUT2D eigenvalue weighted by Crippen LogP contribution is 2.37. The molecule has 1 aromatic heterocycles. The molecule has 2 N–H and O–H groups in total. The third-order valence-corrected chi connectivity index (χ3v) is 9.53. The van der Waals surface area contributed by atoms with Crippen LogP contribution in [0.4, 0.5) is 10.1 Å². The molecule has 0 radical (unpaired) electrons. The Bertz CT molecular complexity index is 1610. The van der Waals surface area contributed by atoms with Gasteiger partial charge in [0.2, 0.25) is 0 Å². The molecule has 0 aliphatic heterocycles. The van der Waals surface area contributed by atoms with E-state index < -0.39 is 27.4 Å². The number of sulfonamides is 1. The average Bonchev–Trinajstić information content (AvgIpc) is 3.33. The first-order valence-corrected chi connectivity index (χ1v) is 14.6. The van der Waals surface area contributed by atoms with E-state index in [4.69, 9.17) is 9.84 Å². The van der Waals surface area contributed by atoms with Gasteiger partial charge in [0.1, 0.15) is 16.6 Å². The van der Waals surface area contributed by atoms with Crippen molar-refractivity contribution in [2.24, 2.45) is 5.92 Å². The number of benzene rings is 3. The molecule has 38 heavy (non-hydrogen) atoms. The molecule has 1 saturated carbocycles. The minimum atomic E-state index is -4.14. The normalized spacial score (nSPS) is 17.9. The van der Waals surface area contributed by atoms with E-state index in [0.717, 1.165) is 33.3 Å². The third-order valence-electron chi connectivity index (χ3n) is 7.08. The zero-order valence-corrected chi connectivity index (χ0v) is 22.5. The van der Waals surface area contributed by atoms with Crippen LogP contribution >= 0.6 is 11.3 Å². The number of fused-ring (bicyclic) bond motifs is 1. The molecule has 10 heteroatoms. The molecule has 4 aromatic rings. The smallest absolute Gasteiger partial charge is 0.338 e. The highest BCUT2D eigenvalue weighted by molar-refractivity contribution is 7.92. The first kappa shape index (κ1) is 26.1. The van der Waals surface area contributed by atoms with Gasteiger partial charge in [0.25, 0.3) is 10.0 Å². The number of nitrogens with zero attached hydrogens (tertiary/aromatic N) is 1. The fourth-order valence-electron chi connectivity index (χ4n) is 4.86. The highest BCUT2D eigenvalue weighted by Gasteiger charge is 2.22. The average molecular weight is 555 g/mol. The fourth-order valence-corrected chi connectivity index (χ4v) is 6.89. The van der Waals surface area contributed by atoms with Crippen LogP contribution in [0.5, 0.6) is 5.75 Å². The summed E-state index contributed by atoms with van der Waals surface area (Å²) in [5.41, 5.74) is 2.02. The Morgan fingerprint density at radius 3 is 2.45 bits per heavy atom. The van der Waals surface area contributed by atoms with E-state index >= 15 is 0 Å². The van der Waals surface area contributed by atoms with Crippen LogP contribution in [-0.4, -0.2) is 31.6 Å². The topological polar surface area (TPSA) is 106 Å². The van der Waals surface area contributed by atoms with Crippen LogP contribution in [0, 0.1) is 11.7 Å². The largest absolute Gasteiger partial charge is 0.495 e. The molecule has 0 saturated heterocycles. The van der Waals surface area contributed by atoms with Crippen LogP contribution in [0.3, 0.4) is 0 Å². The van der Waals surface area contributed by atoms with Gasteiger partial charge < -0.3 is 9.84 Å². The molecular weight excluding hydrogens is 527 g/mol. The van der Waals surface area contributed by atoms with E-state index in [1.54, 1.807) is 6.07 Å². The Balaban J connectivity index is 1.39. The number of rotatable bonds is 7. The summed E-state index contributed by atoms with van der Waals surface area (Å²) in [5, 5.41) is 9.90. The van der Waals surface area contributed by atoms with Gasteiger partial charge in [0.15, 0.2) is 0 Å². The Kier molecular flexibility index (Phi) is 7.11. The lowest BCUT2D eigenvalue weighted by atomic mass is 9.79. The van der Waals surface area contributed by atoms with Gasteiger partial charge in [0.05, 0.1) is 33.5 Å². The van der Waals surface area contributed by atoms with Crippen LogP contribution in [-0.2, 0) is 10.0 Å². The number of carboxylic acids is 1. The van der Waals surface area contributed by atoms with Gasteiger partial charge in [-0.1, -0.05) is 44.0 Å². The number of methoxy groups -OCH3 is 1. The molecule has 198 valence electrons. The maximum absolute atomic E-state index is 14.2. The van der Waals surface area contributed by atoms with Gasteiger partial charge in [-0.05, 0) is 54.5 Å². The molecule has 0 unspecified atom stereocenters. The number of carboxylic acid groups (broad SMARTS) is 1. The molecule has 3 aromatic carbocycles. The van der Waals surface area contributed by atoms with Crippen molar-refractivity contribution in [3.8, 4) is 16.3 Å². The first-order chi connectivity index (χ1) is 18.1. The molecular formula is C28H27FN2O5S2. The van der Waals surface area contributed by atoms with E-state index in [2.05, 4.69) is 40.9 Å². The van der Waals surface area contributed by atoms with Crippen molar-refractivity contribution < 1.29 is 27.4 Å². The van der Waals surface area contributed by atoms with E-state index in [-0.39, 0.29) is 16.3 Å². The summed E-state index contributed by atoms with van der Waals surface area (Å²) in [7, 11) is -2.91. The zero-order valence-electron chi connectivity index (χ0n) is 20.9. The van der Waals surface area contributed by atoms with Crippen molar-refractivity contribution in [2.45, 2.75) is 43.4 Å². The van der Waals surface area contributed by atoms with Crippen molar-refractivity contribution in [1.82, 2.24) is 4.98 Å². The number of hydrogen-bond acceptors (Lipinski definition) is 6. The lowest BCUT2D eigenvalue weighted by molar-refractivity contribution is 0.0691. The van der Waals surface area contributed by atoms with Crippen molar-refractivity contribution in [3.05, 3.63) is 71.5 Å². The summed E-state index contributed by atoms with van der Waals surface area (Å²) < 4.78 is 48.6. The predicted molar refractivity (Wildman–Crippen MR) is 146 cm³/mol. The SMILES string of the molecule is COc1cc(C(=O)O)c(F)cc1NS(=O)(=O)c1ccc2sc(-c3ccc(C4CCC(C)CC4)cc3)nc2c1. The van der Waals surface area contributed by atoms with Gasteiger partial charge in [-0.2, -0.15) is 0 Å². The number of hydrogen-bond donors (Lipinski definition) is 2. The molecule has 0 amide bonds. The van der Waals surface area contributed by atoms with Gasteiger partial charge in [0, 0.05) is 11.6 Å². The maximum atomic E-state index is 14.2. The number of nitrogens with one attached hydrogen (secondary N) is 1. The molecule has 1 aliphatic carbocycles. The number of halogens is 1. The van der Waals surface area contributed by atoms with Gasteiger partial charge in [-0.15, -0.1) is 11.3 Å². The number of carbonyl (C=O) groups is 1. The third kappa shape index (κ3) is 5.23. The van der Waals surface area contributed by atoms with Crippen LogP contribution < -0.4 is 9.46 Å². The minimum Gasteiger partial charge on any atom is -0.495 e. The van der Waals surface area contributed by atoms with Gasteiger partial charge in [-0.25, -0.2) is 22.6 Å². The minimum absolute atomic E-state index is 0.0616. The van der Waals surface area contributed by atoms with Crippen molar-refractivity contribution >= 4 is 43.2 Å². The number of thiazole rings is 1. The standard InChI is InChI=1S/C28H27FN2O5S2/c1-16-3-5-17(6-4-16)18-7-9-19(10-8-18)27-30-24-13-20(11-12-26(24)37-27)38(34,35)31-23-15-22(29)21(28(32)33)14-25(23)36-2/h7-17,31H,3-6H2,1-2H3,(H,32,33). The lowest BCUT2D eigenvalue weighted by Gasteiger charge is -2.26. The highest BCUT2D eigenvalue weighted by atomic mass is 32.2. The number of aromatic nitrogens is 1. The summed E-state index contributed by atoms with van der Waals surface area (Å²) in [4.78, 5) is 15.8. The van der Waals surface area contributed by atoms with E-state index in [9.17, 15) is 17.6 Å². The molecule has 7 nitrogen and oxygen atoms in total. The van der Waals surface area contributed by atoms with Crippen molar-refractivity contribution in [2.75, 3.05) is 11.8 Å². The van der Waals surface area contributed by atoms with E-state index in [1.807, 2.05) is 0 Å². The second-order valence-electron chi connectivity index (χ2n) is 9.67. The van der Waals surface area contributed by atoms with Crippen molar-refractivity contribution in [1.29, 1.82) is 0 Å². The number of anilines is 1. The van der Waals surface area contributed by atoms with Gasteiger partial charge in [-0.3, -0.25) is 4.72 Å². The number of ether oxygens (including phenoxy) is 1. The Morgan fingerprint density at radius 1 is 1.08 bits per heavy atom. The lowest BCUT2D eigenvalue weighted by Crippen LogP contribution is -2.14. The quantitative estimate of drug-likeness (QED) is 0.257. The summed E-state index contributed by atoms with van der Waals surface area (Å²) in [6.07, 6.45) is 4.96. The second kappa shape index (κ2) is 10.3. The first-order valence-electron chi connectivity index (χ1n) is 12.3. The van der Waals surface area contributed by atoms with Crippen LogP contribution in [0.15, 0.2) is 59.5 Å². The molecule has 0 atom stereocenters. The van der Waals surface area contributed by atoms with Crippen molar-refractivity contribution in [3.63, 3.8) is 0 Å². The summed E-state index contributed by atoms with van der Waals surface area (Å²) >= 11 is 1.48. The van der Waals surface area contributed by atoms with Crippen LogP contribution in [0.25, 0.3) is 20.8 Å². The maximum Gasteiger partial charge on any atom is 0.338 e. The molecule has 1 fully saturated rings. The van der Waals surface area contributed by atoms with E-state index in [1.165, 1.54) is 61.8 Å². The predicted octanol–water partition coefficient (Wildman–Crippen LogP) is 6.90. The summed E-state index contributed by atoms with van der Waals surface area (Å²) in [6, 6.07) is 14.8. The monoisotopic (exact) mass is 554 g/mol. The van der Waals surface area contributed by atoms with E-state index in [0.29, 0.717) is 11.4 Å². The zero-order chi connectivity index (χ0) is 27.0. The summed E-state index contributed by atoms with van der Waals surface area (Å²) in [6.45, 7) is 2.31. The molecule has 5 rings (SSSR count). The van der Waals surface area contributed by atoms with Crippen LogP contribution in [0.1, 0.15) is 54.4 Å². The Labute approximate surface area is 224 Å². The molecule has 0 bridgehead atoms. The Morgan fingerprint density at radius 2 is 1.79 bits per heavy atom. The Hall–Kier alpha value is -3.50. The van der Waals surface area contributed by atoms with Gasteiger partial charge >= 0.3 is 5.97 Å². The molecule has 1 heterocycles.